The molecule has 0 saturated carbocycles. The van der Waals surface area contributed by atoms with Gasteiger partial charge in [0.1, 0.15) is 5.75 Å². The summed E-state index contributed by atoms with van der Waals surface area (Å²) in [6.07, 6.45) is 0. The molecule has 0 saturated heterocycles. The van der Waals surface area contributed by atoms with E-state index in [4.69, 9.17) is 16.3 Å². The van der Waals surface area contributed by atoms with Gasteiger partial charge in [0.05, 0.1) is 17.8 Å². The minimum atomic E-state index is -0.868. The van der Waals surface area contributed by atoms with E-state index >= 15 is 0 Å². The highest BCUT2D eigenvalue weighted by atomic mass is 35.5. The van der Waals surface area contributed by atoms with Gasteiger partial charge in [-0.3, -0.25) is 0 Å². The monoisotopic (exact) mass is 297 g/mol. The Morgan fingerprint density at radius 2 is 1.85 bits per heavy atom. The minimum Gasteiger partial charge on any atom is -0.497 e. The zero-order chi connectivity index (χ0) is 14.7. The second-order valence-electron chi connectivity index (χ2n) is 4.39. The Balaban J connectivity index is 2.22. The van der Waals surface area contributed by atoms with E-state index in [1.54, 1.807) is 25.3 Å². The maximum atomic E-state index is 13.2. The number of rotatable bonds is 4. The molecule has 5 heteroatoms. The van der Waals surface area contributed by atoms with Crippen molar-refractivity contribution in [2.45, 2.75) is 13.0 Å². The molecule has 0 aliphatic heterocycles. The van der Waals surface area contributed by atoms with Gasteiger partial charge < -0.3 is 10.1 Å². The fourth-order valence-corrected chi connectivity index (χ4v) is 2.01. The van der Waals surface area contributed by atoms with Crippen molar-refractivity contribution in [3.63, 3.8) is 0 Å². The van der Waals surface area contributed by atoms with E-state index in [1.807, 2.05) is 6.92 Å². The quantitative estimate of drug-likeness (QED) is 0.875. The van der Waals surface area contributed by atoms with Crippen LogP contribution in [0.5, 0.6) is 5.75 Å². The summed E-state index contributed by atoms with van der Waals surface area (Å²) in [6, 6.07) is 8.78. The molecule has 0 radical (unpaired) electrons. The Labute approximate surface area is 121 Å². The molecule has 0 spiro atoms. The molecule has 2 aromatic carbocycles. The van der Waals surface area contributed by atoms with E-state index < -0.39 is 11.6 Å². The molecular weight excluding hydrogens is 284 g/mol. The highest BCUT2D eigenvalue weighted by Gasteiger charge is 2.11. The van der Waals surface area contributed by atoms with Gasteiger partial charge in [-0.1, -0.05) is 17.7 Å². The molecule has 1 atom stereocenters. The van der Waals surface area contributed by atoms with Crippen LogP contribution in [0.2, 0.25) is 5.02 Å². The number of benzene rings is 2. The van der Waals surface area contributed by atoms with Crippen molar-refractivity contribution in [1.82, 2.24) is 0 Å². The van der Waals surface area contributed by atoms with Crippen LogP contribution in [-0.2, 0) is 0 Å². The molecule has 0 bridgehead atoms. The van der Waals surface area contributed by atoms with Crippen LogP contribution < -0.4 is 10.1 Å². The van der Waals surface area contributed by atoms with E-state index in [0.29, 0.717) is 22.0 Å². The Kier molecular flexibility index (Phi) is 4.45. The summed E-state index contributed by atoms with van der Waals surface area (Å²) in [7, 11) is 1.56. The van der Waals surface area contributed by atoms with Crippen molar-refractivity contribution in [3.05, 3.63) is 58.6 Å². The molecular formula is C15H14ClF2NO. The van der Waals surface area contributed by atoms with Crippen molar-refractivity contribution < 1.29 is 13.5 Å². The molecule has 106 valence electrons. The molecule has 0 aliphatic rings. The van der Waals surface area contributed by atoms with Crippen LogP contribution in [-0.4, -0.2) is 7.11 Å². The molecule has 2 aromatic rings. The molecule has 0 heterocycles. The van der Waals surface area contributed by atoms with Gasteiger partial charge in [-0.2, -0.15) is 0 Å². The molecule has 2 rings (SSSR count). The lowest BCUT2D eigenvalue weighted by molar-refractivity contribution is 0.415. The number of hydrogen-bond donors (Lipinski definition) is 1. The van der Waals surface area contributed by atoms with Crippen LogP contribution in [0.1, 0.15) is 18.5 Å². The first-order valence-electron chi connectivity index (χ1n) is 6.06. The predicted molar refractivity (Wildman–Crippen MR) is 76.4 cm³/mol. The van der Waals surface area contributed by atoms with Crippen LogP contribution in [0.25, 0.3) is 0 Å². The maximum absolute atomic E-state index is 13.2. The van der Waals surface area contributed by atoms with Gasteiger partial charge in [0.2, 0.25) is 0 Å². The molecule has 1 unspecified atom stereocenters. The number of ether oxygens (including phenoxy) is 1. The van der Waals surface area contributed by atoms with Crippen LogP contribution >= 0.6 is 11.6 Å². The number of nitrogens with one attached hydrogen (secondary N) is 1. The summed E-state index contributed by atoms with van der Waals surface area (Å²) >= 11 is 6.09. The highest BCUT2D eigenvalue weighted by Crippen LogP contribution is 2.30. The Hall–Kier alpha value is -1.81. The van der Waals surface area contributed by atoms with Gasteiger partial charge in [-0.05, 0) is 36.8 Å². The highest BCUT2D eigenvalue weighted by molar-refractivity contribution is 6.33. The van der Waals surface area contributed by atoms with Gasteiger partial charge in [0.15, 0.2) is 11.6 Å². The average molecular weight is 298 g/mol. The number of anilines is 1. The number of methoxy groups -OCH3 is 1. The zero-order valence-corrected chi connectivity index (χ0v) is 11.8. The standard InChI is InChI=1S/C15H14ClF2NO/c1-9(10-3-6-13(17)14(18)7-10)19-15-8-11(20-2)4-5-12(15)16/h3-9,19H,1-2H3. The van der Waals surface area contributed by atoms with Crippen LogP contribution in [0.4, 0.5) is 14.5 Å². The fraction of sp³-hybridized carbons (Fsp3) is 0.200. The lowest BCUT2D eigenvalue weighted by Crippen LogP contribution is -2.08. The largest absolute Gasteiger partial charge is 0.497 e. The first-order valence-corrected chi connectivity index (χ1v) is 6.44. The van der Waals surface area contributed by atoms with Crippen molar-refractivity contribution in [3.8, 4) is 5.75 Å². The summed E-state index contributed by atoms with van der Waals surface area (Å²) in [4.78, 5) is 0. The third kappa shape index (κ3) is 3.20. The Morgan fingerprint density at radius 3 is 2.50 bits per heavy atom. The first-order chi connectivity index (χ1) is 9.51. The average Bonchev–Trinajstić information content (AvgIpc) is 2.44. The lowest BCUT2D eigenvalue weighted by atomic mass is 10.1. The summed E-state index contributed by atoms with van der Waals surface area (Å²) < 4.78 is 31.3. The molecule has 20 heavy (non-hydrogen) atoms. The van der Waals surface area contributed by atoms with Gasteiger partial charge in [0, 0.05) is 12.1 Å². The van der Waals surface area contributed by atoms with Crippen molar-refractivity contribution in [1.29, 1.82) is 0 Å². The second-order valence-corrected chi connectivity index (χ2v) is 4.79. The molecule has 0 aliphatic carbocycles. The van der Waals surface area contributed by atoms with Crippen molar-refractivity contribution in [2.24, 2.45) is 0 Å². The normalized spacial score (nSPS) is 12.1. The van der Waals surface area contributed by atoms with Gasteiger partial charge in [-0.25, -0.2) is 8.78 Å². The molecule has 0 aromatic heterocycles. The molecule has 0 fully saturated rings. The number of halogens is 3. The predicted octanol–water partition coefficient (Wildman–Crippen LogP) is 4.80. The summed E-state index contributed by atoms with van der Waals surface area (Å²) in [6.45, 7) is 1.84. The van der Waals surface area contributed by atoms with E-state index in [2.05, 4.69) is 5.32 Å². The van der Waals surface area contributed by atoms with Crippen LogP contribution in [0.15, 0.2) is 36.4 Å². The van der Waals surface area contributed by atoms with Gasteiger partial charge >= 0.3 is 0 Å². The Bertz CT molecular complexity index is 619. The van der Waals surface area contributed by atoms with Gasteiger partial charge in [0.25, 0.3) is 0 Å². The van der Waals surface area contributed by atoms with Crippen LogP contribution in [0, 0.1) is 11.6 Å². The fourth-order valence-electron chi connectivity index (χ4n) is 1.84. The summed E-state index contributed by atoms with van der Waals surface area (Å²) in [5.41, 5.74) is 1.30. The molecule has 0 amide bonds. The molecule has 2 nitrogen and oxygen atoms in total. The first kappa shape index (κ1) is 14.6. The SMILES string of the molecule is COc1ccc(Cl)c(NC(C)c2ccc(F)c(F)c2)c1. The number of hydrogen-bond acceptors (Lipinski definition) is 2. The molecule has 1 N–H and O–H groups in total. The van der Waals surface area contributed by atoms with E-state index in [0.717, 1.165) is 6.07 Å². The smallest absolute Gasteiger partial charge is 0.159 e. The van der Waals surface area contributed by atoms with E-state index in [1.165, 1.54) is 12.1 Å². The minimum absolute atomic E-state index is 0.227. The maximum Gasteiger partial charge on any atom is 0.159 e. The third-order valence-electron chi connectivity index (χ3n) is 2.99. The van der Waals surface area contributed by atoms with E-state index in [9.17, 15) is 8.78 Å². The van der Waals surface area contributed by atoms with Crippen molar-refractivity contribution in [2.75, 3.05) is 12.4 Å². The second kappa shape index (κ2) is 6.09. The lowest BCUT2D eigenvalue weighted by Gasteiger charge is -2.17. The third-order valence-corrected chi connectivity index (χ3v) is 3.32. The topological polar surface area (TPSA) is 21.3 Å². The zero-order valence-electron chi connectivity index (χ0n) is 11.1. The Morgan fingerprint density at radius 1 is 1.10 bits per heavy atom. The summed E-state index contributed by atoms with van der Waals surface area (Å²) in [5.74, 6) is -1.07. The summed E-state index contributed by atoms with van der Waals surface area (Å²) in [5, 5.41) is 3.67. The van der Waals surface area contributed by atoms with Crippen molar-refractivity contribution >= 4 is 17.3 Å². The van der Waals surface area contributed by atoms with E-state index in [-0.39, 0.29) is 6.04 Å². The van der Waals surface area contributed by atoms with Crippen LogP contribution in [0.3, 0.4) is 0 Å². The van der Waals surface area contributed by atoms with Gasteiger partial charge in [-0.15, -0.1) is 0 Å².